The van der Waals surface area contributed by atoms with Crippen LogP contribution >= 0.6 is 15.9 Å². The predicted octanol–water partition coefficient (Wildman–Crippen LogP) is 1.24. The SMILES string of the molecule is COc1cc(Br)c(F)cc1S(=O)(=O)NC1CCNC1. The summed E-state index contributed by atoms with van der Waals surface area (Å²) >= 11 is 3.00. The highest BCUT2D eigenvalue weighted by atomic mass is 79.9. The molecule has 0 aromatic heterocycles. The monoisotopic (exact) mass is 352 g/mol. The van der Waals surface area contributed by atoms with Crippen LogP contribution in [-0.4, -0.2) is 34.7 Å². The maximum absolute atomic E-state index is 13.5. The minimum atomic E-state index is -3.80. The molecule has 1 saturated heterocycles. The lowest BCUT2D eigenvalue weighted by molar-refractivity contribution is 0.399. The van der Waals surface area contributed by atoms with Crippen LogP contribution in [0.2, 0.25) is 0 Å². The summed E-state index contributed by atoms with van der Waals surface area (Å²) in [5.74, 6) is -0.544. The van der Waals surface area contributed by atoms with Gasteiger partial charge in [-0.1, -0.05) is 0 Å². The fourth-order valence-corrected chi connectivity index (χ4v) is 3.67. The van der Waals surface area contributed by atoms with Crippen LogP contribution in [0.4, 0.5) is 4.39 Å². The van der Waals surface area contributed by atoms with E-state index in [0.29, 0.717) is 13.0 Å². The lowest BCUT2D eigenvalue weighted by Gasteiger charge is -2.14. The molecule has 0 radical (unpaired) electrons. The Morgan fingerprint density at radius 2 is 2.26 bits per heavy atom. The van der Waals surface area contributed by atoms with E-state index in [4.69, 9.17) is 4.74 Å². The Bertz CT molecular complexity index is 574. The maximum atomic E-state index is 13.5. The van der Waals surface area contributed by atoms with Crippen molar-refractivity contribution in [1.82, 2.24) is 10.0 Å². The van der Waals surface area contributed by atoms with Crippen molar-refractivity contribution in [2.75, 3.05) is 20.2 Å². The lowest BCUT2D eigenvalue weighted by atomic mass is 10.3. The van der Waals surface area contributed by atoms with Crippen molar-refractivity contribution in [2.45, 2.75) is 17.4 Å². The van der Waals surface area contributed by atoms with Crippen molar-refractivity contribution in [3.8, 4) is 5.75 Å². The zero-order valence-electron chi connectivity index (χ0n) is 10.2. The molecule has 1 atom stereocenters. The smallest absolute Gasteiger partial charge is 0.244 e. The molecule has 0 amide bonds. The van der Waals surface area contributed by atoms with Gasteiger partial charge in [0.05, 0.1) is 11.6 Å². The zero-order chi connectivity index (χ0) is 14.0. The summed E-state index contributed by atoms with van der Waals surface area (Å²) in [5.41, 5.74) is 0. The third-order valence-corrected chi connectivity index (χ3v) is 5.03. The molecule has 1 aromatic carbocycles. The van der Waals surface area contributed by atoms with E-state index in [0.717, 1.165) is 12.6 Å². The van der Waals surface area contributed by atoms with Crippen molar-refractivity contribution in [2.24, 2.45) is 0 Å². The van der Waals surface area contributed by atoms with Crippen LogP contribution in [0.3, 0.4) is 0 Å². The molecule has 0 spiro atoms. The number of nitrogens with one attached hydrogen (secondary N) is 2. The number of benzene rings is 1. The molecular weight excluding hydrogens is 339 g/mol. The first-order valence-corrected chi connectivity index (χ1v) is 7.98. The van der Waals surface area contributed by atoms with Crippen molar-refractivity contribution in [1.29, 1.82) is 0 Å². The van der Waals surface area contributed by atoms with Gasteiger partial charge in [-0.05, 0) is 41.0 Å². The van der Waals surface area contributed by atoms with Crippen LogP contribution in [0.1, 0.15) is 6.42 Å². The van der Waals surface area contributed by atoms with Gasteiger partial charge in [0.25, 0.3) is 0 Å². The standard InChI is InChI=1S/C11H14BrFN2O3S/c1-18-10-4-8(12)9(13)5-11(10)19(16,17)15-7-2-3-14-6-7/h4-5,7,14-15H,2-3,6H2,1H3. The average Bonchev–Trinajstić information content (AvgIpc) is 2.84. The van der Waals surface area contributed by atoms with Crippen molar-refractivity contribution >= 4 is 26.0 Å². The van der Waals surface area contributed by atoms with Gasteiger partial charge in [0.15, 0.2) is 0 Å². The van der Waals surface area contributed by atoms with Crippen LogP contribution in [0, 0.1) is 5.82 Å². The summed E-state index contributed by atoms with van der Waals surface area (Å²) in [6, 6.07) is 2.08. The minimum absolute atomic E-state index is 0.103. The minimum Gasteiger partial charge on any atom is -0.495 e. The van der Waals surface area contributed by atoms with Crippen LogP contribution in [0.15, 0.2) is 21.5 Å². The second-order valence-electron chi connectivity index (χ2n) is 4.23. The molecule has 1 heterocycles. The fraction of sp³-hybridized carbons (Fsp3) is 0.455. The second-order valence-corrected chi connectivity index (χ2v) is 6.76. The topological polar surface area (TPSA) is 67.4 Å². The summed E-state index contributed by atoms with van der Waals surface area (Å²) in [6.45, 7) is 1.33. The van der Waals surface area contributed by atoms with Crippen molar-refractivity contribution in [3.05, 3.63) is 22.4 Å². The molecule has 5 nitrogen and oxygen atoms in total. The normalized spacial score (nSPS) is 19.6. The Labute approximate surface area is 119 Å². The van der Waals surface area contributed by atoms with Crippen LogP contribution < -0.4 is 14.8 Å². The van der Waals surface area contributed by atoms with Gasteiger partial charge in [-0.25, -0.2) is 17.5 Å². The lowest BCUT2D eigenvalue weighted by Crippen LogP contribution is -2.36. The van der Waals surface area contributed by atoms with Crippen LogP contribution in [0.5, 0.6) is 5.75 Å². The third-order valence-electron chi connectivity index (χ3n) is 2.88. The van der Waals surface area contributed by atoms with Crippen LogP contribution in [0.25, 0.3) is 0 Å². The number of ether oxygens (including phenoxy) is 1. The Kier molecular flexibility index (Phi) is 4.44. The van der Waals surface area contributed by atoms with Gasteiger partial charge < -0.3 is 10.1 Å². The molecular formula is C11H14BrFN2O3S. The summed E-state index contributed by atoms with van der Waals surface area (Å²) in [5, 5.41) is 3.06. The molecule has 0 aliphatic carbocycles. The maximum Gasteiger partial charge on any atom is 0.244 e. The van der Waals surface area contributed by atoms with E-state index in [-0.39, 0.29) is 21.2 Å². The van der Waals surface area contributed by atoms with Gasteiger partial charge >= 0.3 is 0 Å². The highest BCUT2D eigenvalue weighted by molar-refractivity contribution is 9.10. The van der Waals surface area contributed by atoms with Gasteiger partial charge in [0.2, 0.25) is 10.0 Å². The molecule has 106 valence electrons. The molecule has 0 bridgehead atoms. The van der Waals surface area contributed by atoms with E-state index in [2.05, 4.69) is 26.0 Å². The van der Waals surface area contributed by atoms with Gasteiger partial charge in [-0.3, -0.25) is 0 Å². The molecule has 0 saturated carbocycles. The van der Waals surface area contributed by atoms with Gasteiger partial charge in [-0.15, -0.1) is 0 Å². The summed E-state index contributed by atoms with van der Waals surface area (Å²) in [6.07, 6.45) is 0.709. The Balaban J connectivity index is 2.36. The van der Waals surface area contributed by atoms with Gasteiger partial charge in [0, 0.05) is 12.6 Å². The molecule has 2 rings (SSSR count). The van der Waals surface area contributed by atoms with E-state index in [9.17, 15) is 12.8 Å². The summed E-state index contributed by atoms with van der Waals surface area (Å²) in [4.78, 5) is -0.192. The van der Waals surface area contributed by atoms with E-state index in [1.807, 2.05) is 0 Å². The summed E-state index contributed by atoms with van der Waals surface area (Å²) < 4.78 is 45.7. The van der Waals surface area contributed by atoms with Gasteiger partial charge in [0.1, 0.15) is 16.5 Å². The van der Waals surface area contributed by atoms with Gasteiger partial charge in [-0.2, -0.15) is 0 Å². The van der Waals surface area contributed by atoms with E-state index < -0.39 is 15.8 Å². The van der Waals surface area contributed by atoms with E-state index in [1.165, 1.54) is 13.2 Å². The largest absolute Gasteiger partial charge is 0.495 e. The number of hydrogen-bond donors (Lipinski definition) is 2. The second kappa shape index (κ2) is 5.74. The first-order valence-electron chi connectivity index (χ1n) is 5.70. The molecule has 1 aliphatic heterocycles. The van der Waals surface area contributed by atoms with Crippen molar-refractivity contribution < 1.29 is 17.5 Å². The number of halogens is 2. The van der Waals surface area contributed by atoms with Crippen LogP contribution in [-0.2, 0) is 10.0 Å². The number of sulfonamides is 1. The number of rotatable bonds is 4. The fourth-order valence-electron chi connectivity index (χ4n) is 1.92. The molecule has 1 aliphatic rings. The number of hydrogen-bond acceptors (Lipinski definition) is 4. The Morgan fingerprint density at radius 1 is 1.53 bits per heavy atom. The quantitative estimate of drug-likeness (QED) is 0.855. The van der Waals surface area contributed by atoms with Crippen molar-refractivity contribution in [3.63, 3.8) is 0 Å². The predicted molar refractivity (Wildman–Crippen MR) is 72.2 cm³/mol. The third kappa shape index (κ3) is 3.25. The first kappa shape index (κ1) is 14.7. The molecule has 1 aromatic rings. The molecule has 2 N–H and O–H groups in total. The first-order chi connectivity index (χ1) is 8.94. The average molecular weight is 353 g/mol. The Morgan fingerprint density at radius 3 is 2.84 bits per heavy atom. The highest BCUT2D eigenvalue weighted by Gasteiger charge is 2.26. The highest BCUT2D eigenvalue weighted by Crippen LogP contribution is 2.30. The van der Waals surface area contributed by atoms with E-state index in [1.54, 1.807) is 0 Å². The molecule has 1 fully saturated rings. The Hall–Kier alpha value is -0.700. The van der Waals surface area contributed by atoms with E-state index >= 15 is 0 Å². The molecule has 19 heavy (non-hydrogen) atoms. The molecule has 1 unspecified atom stereocenters. The summed E-state index contributed by atoms with van der Waals surface area (Å²) in [7, 11) is -2.46. The molecule has 8 heteroatoms. The number of methoxy groups -OCH3 is 1. The zero-order valence-corrected chi connectivity index (χ0v) is 12.6.